The smallest absolute Gasteiger partial charge is 0.323 e. The van der Waals surface area contributed by atoms with Gasteiger partial charge in [0.25, 0.3) is 0 Å². The summed E-state index contributed by atoms with van der Waals surface area (Å²) in [6.07, 6.45) is 0.862. The number of hydrogen-bond acceptors (Lipinski definition) is 3. The molecular formula is C11H12N2O3. The molecule has 0 bridgehead atoms. The summed E-state index contributed by atoms with van der Waals surface area (Å²) >= 11 is 0. The predicted molar refractivity (Wildman–Crippen MR) is 59.3 cm³/mol. The van der Waals surface area contributed by atoms with Gasteiger partial charge in [0.15, 0.2) is 0 Å². The summed E-state index contributed by atoms with van der Waals surface area (Å²) in [6.45, 7) is 0. The minimum Gasteiger partial charge on any atom is -0.469 e. The highest BCUT2D eigenvalue weighted by molar-refractivity contribution is 5.79. The summed E-state index contributed by atoms with van der Waals surface area (Å²) in [4.78, 5) is 27.5. The van der Waals surface area contributed by atoms with Crippen LogP contribution in [0.3, 0.4) is 0 Å². The molecule has 0 spiro atoms. The lowest BCUT2D eigenvalue weighted by atomic mass is 10.1. The number of para-hydroxylation sites is 1. The number of ether oxygens (including phenoxy) is 1. The highest BCUT2D eigenvalue weighted by Crippen LogP contribution is 2.14. The van der Waals surface area contributed by atoms with Crippen molar-refractivity contribution in [2.45, 2.75) is 12.8 Å². The maximum Gasteiger partial charge on any atom is 0.323 e. The van der Waals surface area contributed by atoms with E-state index in [9.17, 15) is 9.59 Å². The Kier molecular flexibility index (Phi) is 2.76. The van der Waals surface area contributed by atoms with Gasteiger partial charge in [-0.1, -0.05) is 12.1 Å². The van der Waals surface area contributed by atoms with Gasteiger partial charge < -0.3 is 14.7 Å². The van der Waals surface area contributed by atoms with Gasteiger partial charge in [-0.3, -0.25) is 4.79 Å². The van der Waals surface area contributed by atoms with Crippen molar-refractivity contribution in [2.24, 2.45) is 0 Å². The number of fused-ring (bicyclic) bond motifs is 1. The zero-order chi connectivity index (χ0) is 11.5. The Hall–Kier alpha value is -2.04. The minimum atomic E-state index is -0.255. The number of imidazole rings is 1. The quantitative estimate of drug-likeness (QED) is 0.756. The molecule has 84 valence electrons. The normalized spacial score (nSPS) is 10.6. The molecule has 1 heterocycles. The van der Waals surface area contributed by atoms with Gasteiger partial charge >= 0.3 is 11.7 Å². The van der Waals surface area contributed by atoms with Crippen LogP contribution in [0.4, 0.5) is 0 Å². The second-order valence-electron chi connectivity index (χ2n) is 3.49. The highest BCUT2D eigenvalue weighted by Gasteiger charge is 2.06. The van der Waals surface area contributed by atoms with Gasteiger partial charge in [0, 0.05) is 6.42 Å². The van der Waals surface area contributed by atoms with E-state index in [-0.39, 0.29) is 11.7 Å². The van der Waals surface area contributed by atoms with Crippen LogP contribution < -0.4 is 5.69 Å². The number of nitrogens with one attached hydrogen (secondary N) is 2. The van der Waals surface area contributed by atoms with E-state index in [1.165, 1.54) is 7.11 Å². The molecule has 2 N–H and O–H groups in total. The third kappa shape index (κ3) is 1.98. The number of H-pyrrole nitrogens is 2. The van der Waals surface area contributed by atoms with E-state index in [1.54, 1.807) is 0 Å². The Labute approximate surface area is 91.4 Å². The molecule has 0 unspecified atom stereocenters. The number of methoxy groups -OCH3 is 1. The molecule has 0 fully saturated rings. The number of aromatic nitrogens is 2. The zero-order valence-electron chi connectivity index (χ0n) is 8.87. The van der Waals surface area contributed by atoms with Crippen molar-refractivity contribution in [3.05, 3.63) is 34.2 Å². The minimum absolute atomic E-state index is 0.236. The number of aryl methyl sites for hydroxylation is 1. The molecular weight excluding hydrogens is 208 g/mol. The standard InChI is InChI=1S/C11H12N2O3/c1-16-9(14)6-5-7-3-2-4-8-10(7)13-11(15)12-8/h2-4H,5-6H2,1H3,(H2,12,13,15). The molecule has 0 atom stereocenters. The van der Waals surface area contributed by atoms with Crippen LogP contribution in [0.2, 0.25) is 0 Å². The fourth-order valence-corrected chi connectivity index (χ4v) is 1.67. The summed E-state index contributed by atoms with van der Waals surface area (Å²) in [5.74, 6) is -0.255. The Bertz CT molecular complexity index is 568. The topological polar surface area (TPSA) is 75.0 Å². The highest BCUT2D eigenvalue weighted by atomic mass is 16.5. The second kappa shape index (κ2) is 4.22. The van der Waals surface area contributed by atoms with E-state index in [1.807, 2.05) is 18.2 Å². The van der Waals surface area contributed by atoms with Crippen LogP contribution in [0.1, 0.15) is 12.0 Å². The summed E-state index contributed by atoms with van der Waals surface area (Å²) in [7, 11) is 1.36. The number of carbonyl (C=O) groups is 1. The van der Waals surface area contributed by atoms with Crippen molar-refractivity contribution in [2.75, 3.05) is 7.11 Å². The van der Waals surface area contributed by atoms with Crippen LogP contribution in [-0.2, 0) is 16.0 Å². The largest absolute Gasteiger partial charge is 0.469 e. The lowest BCUT2D eigenvalue weighted by Gasteiger charge is -2.01. The van der Waals surface area contributed by atoms with Gasteiger partial charge in [0.2, 0.25) is 0 Å². The van der Waals surface area contributed by atoms with E-state index in [4.69, 9.17) is 0 Å². The first-order valence-electron chi connectivity index (χ1n) is 4.97. The molecule has 5 nitrogen and oxygen atoms in total. The van der Waals surface area contributed by atoms with Crippen molar-refractivity contribution in [3.63, 3.8) is 0 Å². The third-order valence-electron chi connectivity index (χ3n) is 2.46. The van der Waals surface area contributed by atoms with Crippen LogP contribution in [0.25, 0.3) is 11.0 Å². The first kappa shape index (κ1) is 10.5. The molecule has 1 aromatic carbocycles. The molecule has 1 aromatic heterocycles. The van der Waals surface area contributed by atoms with Crippen LogP contribution >= 0.6 is 0 Å². The fourth-order valence-electron chi connectivity index (χ4n) is 1.67. The Balaban J connectivity index is 2.30. The molecule has 16 heavy (non-hydrogen) atoms. The number of benzene rings is 1. The van der Waals surface area contributed by atoms with Gasteiger partial charge in [-0.05, 0) is 18.1 Å². The molecule has 5 heteroatoms. The molecule has 0 aliphatic rings. The van der Waals surface area contributed by atoms with Crippen molar-refractivity contribution in [1.82, 2.24) is 9.97 Å². The van der Waals surface area contributed by atoms with Gasteiger partial charge in [-0.2, -0.15) is 0 Å². The Morgan fingerprint density at radius 3 is 2.94 bits per heavy atom. The Morgan fingerprint density at radius 1 is 1.38 bits per heavy atom. The third-order valence-corrected chi connectivity index (χ3v) is 2.46. The van der Waals surface area contributed by atoms with Crippen molar-refractivity contribution in [3.8, 4) is 0 Å². The van der Waals surface area contributed by atoms with E-state index in [0.29, 0.717) is 12.8 Å². The van der Waals surface area contributed by atoms with Crippen molar-refractivity contribution < 1.29 is 9.53 Å². The first-order chi connectivity index (χ1) is 7.70. The number of rotatable bonds is 3. The monoisotopic (exact) mass is 220 g/mol. The van der Waals surface area contributed by atoms with Gasteiger partial charge in [0.05, 0.1) is 18.1 Å². The maximum absolute atomic E-state index is 11.1. The SMILES string of the molecule is COC(=O)CCc1cccc2[nH]c(=O)[nH]c12. The summed E-state index contributed by atoms with van der Waals surface area (Å²) in [5.41, 5.74) is 2.21. The fraction of sp³-hybridized carbons (Fsp3) is 0.273. The Morgan fingerprint density at radius 2 is 2.19 bits per heavy atom. The van der Waals surface area contributed by atoms with Crippen LogP contribution in [-0.4, -0.2) is 23.0 Å². The maximum atomic E-state index is 11.1. The van der Waals surface area contributed by atoms with Gasteiger partial charge in [-0.25, -0.2) is 4.79 Å². The molecule has 0 amide bonds. The van der Waals surface area contributed by atoms with Gasteiger partial charge in [-0.15, -0.1) is 0 Å². The van der Waals surface area contributed by atoms with Crippen LogP contribution in [0.5, 0.6) is 0 Å². The molecule has 0 radical (unpaired) electrons. The van der Waals surface area contributed by atoms with Crippen molar-refractivity contribution >= 4 is 17.0 Å². The van der Waals surface area contributed by atoms with E-state index < -0.39 is 0 Å². The zero-order valence-corrected chi connectivity index (χ0v) is 8.87. The molecule has 0 aliphatic heterocycles. The summed E-state index contributed by atoms with van der Waals surface area (Å²) in [5, 5.41) is 0. The number of hydrogen-bond donors (Lipinski definition) is 2. The summed E-state index contributed by atoms with van der Waals surface area (Å²) in [6, 6.07) is 5.54. The van der Waals surface area contributed by atoms with E-state index in [2.05, 4.69) is 14.7 Å². The molecule has 2 rings (SSSR count). The van der Waals surface area contributed by atoms with Crippen LogP contribution in [0, 0.1) is 0 Å². The first-order valence-corrected chi connectivity index (χ1v) is 4.97. The number of aromatic amines is 2. The molecule has 0 saturated carbocycles. The van der Waals surface area contributed by atoms with E-state index in [0.717, 1.165) is 16.6 Å². The molecule has 0 aliphatic carbocycles. The van der Waals surface area contributed by atoms with Gasteiger partial charge in [0.1, 0.15) is 0 Å². The average Bonchev–Trinajstić information content (AvgIpc) is 2.66. The average molecular weight is 220 g/mol. The van der Waals surface area contributed by atoms with Crippen LogP contribution in [0.15, 0.2) is 23.0 Å². The van der Waals surface area contributed by atoms with E-state index >= 15 is 0 Å². The number of esters is 1. The van der Waals surface area contributed by atoms with Crippen molar-refractivity contribution in [1.29, 1.82) is 0 Å². The molecule has 2 aromatic rings. The predicted octanol–water partition coefficient (Wildman–Crippen LogP) is 0.962. The molecule has 0 saturated heterocycles. The summed E-state index contributed by atoms with van der Waals surface area (Å²) < 4.78 is 4.57. The number of carbonyl (C=O) groups excluding carboxylic acids is 1. The lowest BCUT2D eigenvalue weighted by Crippen LogP contribution is -2.02. The second-order valence-corrected chi connectivity index (χ2v) is 3.49. The lowest BCUT2D eigenvalue weighted by molar-refractivity contribution is -0.140.